The van der Waals surface area contributed by atoms with Gasteiger partial charge in [0.1, 0.15) is 0 Å². The summed E-state index contributed by atoms with van der Waals surface area (Å²) in [6.45, 7) is 0. The highest BCUT2D eigenvalue weighted by atomic mass is 14.8. The highest BCUT2D eigenvalue weighted by Crippen LogP contribution is 2.40. The summed E-state index contributed by atoms with van der Waals surface area (Å²) in [5, 5.41) is 0. The van der Waals surface area contributed by atoms with Crippen LogP contribution in [0, 0.1) is 0 Å². The summed E-state index contributed by atoms with van der Waals surface area (Å²) in [5.74, 6) is 1.57. The van der Waals surface area contributed by atoms with Crippen LogP contribution in [0.4, 0.5) is 0 Å². The van der Waals surface area contributed by atoms with E-state index in [9.17, 15) is 0 Å². The third-order valence-corrected chi connectivity index (χ3v) is 12.5. The average molecular weight is 725 g/mol. The molecule has 56 heavy (non-hydrogen) atoms. The van der Waals surface area contributed by atoms with Crippen LogP contribution in [0.1, 0.15) is 91.5 Å². The number of rotatable bonds is 0. The van der Waals surface area contributed by atoms with Crippen molar-refractivity contribution >= 4 is 68.4 Å². The number of hydrogen-bond donors (Lipinski definition) is 4. The number of aromatic amines is 4. The van der Waals surface area contributed by atoms with Crippen LogP contribution in [0.25, 0.3) is 68.4 Å². The first-order valence-corrected chi connectivity index (χ1v) is 19.8. The van der Waals surface area contributed by atoms with Gasteiger partial charge in [-0.2, -0.15) is 0 Å². The monoisotopic (exact) mass is 724 g/mol. The number of nitrogens with one attached hydrogen (secondary N) is 4. The summed E-state index contributed by atoms with van der Waals surface area (Å²) in [5.41, 5.74) is 23.1. The Balaban J connectivity index is 0.000000118. The minimum absolute atomic E-state index is 0.393. The summed E-state index contributed by atoms with van der Waals surface area (Å²) in [6, 6.07) is 25.9. The van der Waals surface area contributed by atoms with Gasteiger partial charge in [0, 0.05) is 139 Å². The molecule has 8 aliphatic rings. The zero-order chi connectivity index (χ0) is 36.5. The van der Waals surface area contributed by atoms with E-state index in [1.54, 1.807) is 0 Å². The third-order valence-electron chi connectivity index (χ3n) is 12.5. The Kier molecular flexibility index (Phi) is 6.19. The van der Waals surface area contributed by atoms with E-state index in [4.69, 9.17) is 19.9 Å². The van der Waals surface area contributed by atoms with E-state index in [0.717, 1.165) is 92.6 Å². The largest absolute Gasteiger partial charge is 0.355 e. The van der Waals surface area contributed by atoms with Gasteiger partial charge < -0.3 is 19.9 Å². The van der Waals surface area contributed by atoms with Crippen LogP contribution >= 0.6 is 0 Å². The standard InChI is InChI=1S/2C24H18N4/c1-5-19-21-7-3-16(25-21)12-18-10-14-2-6-20(24(14)28-18)22-8-4-15(26-22)11-17-9-13(1)23(19)27-17;1-5-19-21-7-8-22(28-21)20-6-2-14-10-18(27-24(14)20)12-16-4-3-15(25-16)11-17-9-13(1)23(19)26-17/h1-8,11-14,25-26H,9-10H2;1-8,11-14,25,28H,9-10H2. The Hall–Kier alpha value is -6.80. The summed E-state index contributed by atoms with van der Waals surface area (Å²) < 4.78 is 0. The van der Waals surface area contributed by atoms with Crippen LogP contribution in [-0.4, -0.2) is 39.9 Å². The summed E-state index contributed by atoms with van der Waals surface area (Å²) in [6.07, 6.45) is 21.9. The fraction of sp³-hybridized carbons (Fsp3) is 0.167. The lowest BCUT2D eigenvalue weighted by Gasteiger charge is -1.97. The van der Waals surface area contributed by atoms with Crippen LogP contribution in [0.2, 0.25) is 0 Å². The van der Waals surface area contributed by atoms with Crippen molar-refractivity contribution in [2.45, 2.75) is 49.4 Å². The topological polar surface area (TPSA) is 115 Å². The first kappa shape index (κ1) is 30.5. The Morgan fingerprint density at radius 1 is 0.339 bits per heavy atom. The Bertz CT molecular complexity index is 2990. The predicted molar refractivity (Wildman–Crippen MR) is 224 cm³/mol. The van der Waals surface area contributed by atoms with E-state index >= 15 is 0 Å². The van der Waals surface area contributed by atoms with Gasteiger partial charge in [-0.05, 0) is 72.8 Å². The summed E-state index contributed by atoms with van der Waals surface area (Å²) in [4.78, 5) is 34.2. The number of nitrogens with zero attached hydrogens (tertiary/aromatic N) is 4. The van der Waals surface area contributed by atoms with Crippen molar-refractivity contribution in [3.8, 4) is 0 Å². The van der Waals surface area contributed by atoms with Gasteiger partial charge in [-0.15, -0.1) is 0 Å². The van der Waals surface area contributed by atoms with Gasteiger partial charge in [0.25, 0.3) is 0 Å². The first-order chi connectivity index (χ1) is 27.6. The smallest absolute Gasteiger partial charge is 0.0572 e. The number of aromatic nitrogens is 8. The van der Waals surface area contributed by atoms with Gasteiger partial charge in [0.2, 0.25) is 0 Å². The van der Waals surface area contributed by atoms with Crippen molar-refractivity contribution < 1.29 is 0 Å². The molecule has 4 aliphatic carbocycles. The molecule has 14 rings (SSSR count). The molecule has 0 spiro atoms. The van der Waals surface area contributed by atoms with E-state index < -0.39 is 0 Å². The van der Waals surface area contributed by atoms with Crippen LogP contribution in [0.5, 0.6) is 0 Å². The summed E-state index contributed by atoms with van der Waals surface area (Å²) in [7, 11) is 0. The second-order valence-electron chi connectivity index (χ2n) is 16.2. The van der Waals surface area contributed by atoms with Gasteiger partial charge in [-0.25, -0.2) is 0 Å². The summed E-state index contributed by atoms with van der Waals surface area (Å²) >= 11 is 0. The van der Waals surface area contributed by atoms with Crippen molar-refractivity contribution in [1.82, 2.24) is 39.9 Å². The Labute approximate surface area is 321 Å². The molecule has 0 amide bonds. The minimum atomic E-state index is 0.393. The van der Waals surface area contributed by atoms with Crippen LogP contribution < -0.4 is 0 Å². The molecule has 4 unspecified atom stereocenters. The van der Waals surface area contributed by atoms with Crippen molar-refractivity contribution in [1.29, 1.82) is 0 Å². The minimum Gasteiger partial charge on any atom is -0.355 e. The number of hydrogen-bond acceptors (Lipinski definition) is 4. The van der Waals surface area contributed by atoms with Crippen molar-refractivity contribution in [2.24, 2.45) is 0 Å². The second kappa shape index (κ2) is 11.4. The van der Waals surface area contributed by atoms with Crippen LogP contribution in [0.15, 0.2) is 97.1 Å². The molecule has 4 atom stereocenters. The maximum Gasteiger partial charge on any atom is 0.0572 e. The van der Waals surface area contributed by atoms with E-state index in [-0.39, 0.29) is 0 Å². The van der Waals surface area contributed by atoms with Gasteiger partial charge in [0.05, 0.1) is 22.8 Å². The highest BCUT2D eigenvalue weighted by molar-refractivity contribution is 5.83. The first-order valence-electron chi connectivity index (χ1n) is 19.8. The molecule has 268 valence electrons. The predicted octanol–water partition coefficient (Wildman–Crippen LogP) is 10.0. The zero-order valence-corrected chi connectivity index (χ0v) is 30.5. The highest BCUT2D eigenvalue weighted by Gasteiger charge is 2.29. The Morgan fingerprint density at radius 3 is 0.982 bits per heavy atom. The molecule has 6 aromatic rings. The average Bonchev–Trinajstić information content (AvgIpc) is 4.00. The molecule has 16 bridgehead atoms. The zero-order valence-electron chi connectivity index (χ0n) is 30.5. The maximum atomic E-state index is 4.98. The molecule has 4 aliphatic heterocycles. The van der Waals surface area contributed by atoms with E-state index in [0.29, 0.717) is 23.7 Å². The van der Waals surface area contributed by atoms with Crippen molar-refractivity contribution in [3.63, 3.8) is 0 Å². The van der Waals surface area contributed by atoms with E-state index in [2.05, 4.69) is 141 Å². The molecule has 4 N–H and O–H groups in total. The normalized spacial score (nSPS) is 21.0. The SMILES string of the molecule is C1=CC2Cc3cc4ccc([nH]4)c4c5nc(cc6ccc([nH]6)c1c2n3)CC5C=C4.C1=CC2Cc3cc4ccc(cc5nc6c(c7ccc([nH]7)c1c2n3)C=CC6C5)[nH]4. The van der Waals surface area contributed by atoms with Crippen molar-refractivity contribution in [2.75, 3.05) is 0 Å². The van der Waals surface area contributed by atoms with Crippen LogP contribution in [-0.2, 0) is 25.7 Å². The number of allylic oxidation sites excluding steroid dienone is 4. The Morgan fingerprint density at radius 2 is 0.625 bits per heavy atom. The molecule has 0 saturated carbocycles. The maximum absolute atomic E-state index is 4.98. The lowest BCUT2D eigenvalue weighted by atomic mass is 10.1. The molecule has 0 fully saturated rings. The third kappa shape index (κ3) is 4.78. The molecular formula is C48H36N8. The van der Waals surface area contributed by atoms with Crippen molar-refractivity contribution in [3.05, 3.63) is 165 Å². The fourth-order valence-corrected chi connectivity index (χ4v) is 9.90. The molecule has 6 aromatic heterocycles. The molecule has 0 aromatic carbocycles. The molecule has 0 saturated heterocycles. The fourth-order valence-electron chi connectivity index (χ4n) is 9.90. The second-order valence-corrected chi connectivity index (χ2v) is 16.2. The molecule has 10 heterocycles. The van der Waals surface area contributed by atoms with Gasteiger partial charge >= 0.3 is 0 Å². The van der Waals surface area contributed by atoms with E-state index in [1.165, 1.54) is 45.0 Å². The molecule has 0 radical (unpaired) electrons. The van der Waals surface area contributed by atoms with Gasteiger partial charge in [0.15, 0.2) is 0 Å². The molecule has 8 heteroatoms. The van der Waals surface area contributed by atoms with Gasteiger partial charge in [-0.1, -0.05) is 48.6 Å². The van der Waals surface area contributed by atoms with Crippen LogP contribution in [0.3, 0.4) is 0 Å². The number of H-pyrrole nitrogens is 4. The van der Waals surface area contributed by atoms with E-state index in [1.807, 2.05) is 0 Å². The number of fused-ring (bicyclic) bond motifs is 16. The quantitative estimate of drug-likeness (QED) is 0.125. The van der Waals surface area contributed by atoms with Gasteiger partial charge in [-0.3, -0.25) is 19.9 Å². The molecular weight excluding hydrogens is 689 g/mol. The lowest BCUT2D eigenvalue weighted by molar-refractivity contribution is 0.898. The molecule has 8 nitrogen and oxygen atoms in total. The lowest BCUT2D eigenvalue weighted by Crippen LogP contribution is -1.88.